The molecule has 1 aliphatic carbocycles. The number of aryl methyl sites for hydroxylation is 1. The van der Waals surface area contributed by atoms with E-state index >= 15 is 0 Å². The minimum absolute atomic E-state index is 0.141. The fraction of sp³-hybridized carbons (Fsp3) is 0.355. The van der Waals surface area contributed by atoms with Crippen molar-refractivity contribution in [2.24, 2.45) is 5.92 Å². The van der Waals surface area contributed by atoms with E-state index in [1.807, 2.05) is 30.0 Å². The lowest BCUT2D eigenvalue weighted by Crippen LogP contribution is -2.41. The van der Waals surface area contributed by atoms with E-state index in [0.29, 0.717) is 25.3 Å². The summed E-state index contributed by atoms with van der Waals surface area (Å²) in [5.74, 6) is 0.461. The number of amides is 2. The summed E-state index contributed by atoms with van der Waals surface area (Å²) in [5, 5.41) is 2.89. The predicted octanol–water partition coefficient (Wildman–Crippen LogP) is 5.49. The largest absolute Gasteiger partial charge is 0.481 e. The van der Waals surface area contributed by atoms with E-state index in [4.69, 9.17) is 4.74 Å². The molecule has 0 saturated heterocycles. The molecule has 192 valence electrons. The number of hydrogen-bond donors (Lipinski definition) is 1. The number of fused-ring (bicyclic) bond motifs is 1. The lowest BCUT2D eigenvalue weighted by molar-refractivity contribution is -0.134. The molecule has 1 saturated carbocycles. The van der Waals surface area contributed by atoms with Crippen molar-refractivity contribution in [3.05, 3.63) is 100 Å². The molecule has 1 heterocycles. The second kappa shape index (κ2) is 10.8. The normalized spacial score (nSPS) is 17.6. The van der Waals surface area contributed by atoms with Crippen molar-refractivity contribution in [2.45, 2.75) is 58.2 Å². The first-order chi connectivity index (χ1) is 17.9. The minimum atomic E-state index is -0.663. The fourth-order valence-electron chi connectivity index (χ4n) is 5.06. The molecule has 3 aromatic carbocycles. The van der Waals surface area contributed by atoms with E-state index in [9.17, 15) is 14.0 Å². The number of rotatable bonds is 8. The van der Waals surface area contributed by atoms with E-state index in [1.54, 1.807) is 12.1 Å². The molecule has 0 bridgehead atoms. The Morgan fingerprint density at radius 1 is 1.08 bits per heavy atom. The van der Waals surface area contributed by atoms with Gasteiger partial charge >= 0.3 is 0 Å². The average molecular weight is 501 g/mol. The van der Waals surface area contributed by atoms with E-state index in [1.165, 1.54) is 17.7 Å². The molecule has 0 unspecified atom stereocenters. The van der Waals surface area contributed by atoms with Crippen LogP contribution < -0.4 is 10.1 Å². The molecule has 2 aliphatic rings. The molecule has 0 spiro atoms. The van der Waals surface area contributed by atoms with Crippen LogP contribution >= 0.6 is 0 Å². The second-order valence-electron chi connectivity index (χ2n) is 10.1. The van der Waals surface area contributed by atoms with Crippen LogP contribution in [-0.4, -0.2) is 29.4 Å². The third kappa shape index (κ3) is 5.68. The van der Waals surface area contributed by atoms with Gasteiger partial charge in [0.15, 0.2) is 6.10 Å². The van der Waals surface area contributed by atoms with Gasteiger partial charge < -0.3 is 15.0 Å². The van der Waals surface area contributed by atoms with E-state index in [0.717, 1.165) is 41.5 Å². The Kier molecular flexibility index (Phi) is 7.26. The van der Waals surface area contributed by atoms with Gasteiger partial charge in [0, 0.05) is 19.0 Å². The molecule has 1 aliphatic heterocycles. The Bertz CT molecular complexity index is 1290. The summed E-state index contributed by atoms with van der Waals surface area (Å²) in [6.45, 7) is 4.98. The van der Waals surface area contributed by atoms with Gasteiger partial charge in [-0.15, -0.1) is 0 Å². The zero-order valence-corrected chi connectivity index (χ0v) is 21.4. The first-order valence-electron chi connectivity index (χ1n) is 13.1. The molecular weight excluding hydrogens is 467 g/mol. The quantitative estimate of drug-likeness (QED) is 0.445. The maximum absolute atomic E-state index is 13.3. The molecular formula is C31H33FN2O3. The van der Waals surface area contributed by atoms with Crippen molar-refractivity contribution in [1.82, 2.24) is 10.2 Å². The lowest BCUT2D eigenvalue weighted by atomic mass is 9.87. The van der Waals surface area contributed by atoms with Crippen LogP contribution in [0.25, 0.3) is 0 Å². The van der Waals surface area contributed by atoms with Crippen LogP contribution in [0.3, 0.4) is 0 Å². The molecule has 0 aromatic heterocycles. The molecule has 0 radical (unpaired) electrons. The standard InChI is InChI=1S/C31H33FN2O3/c1-3-28(30(35)33-19-21-7-12-25(32)13-8-21)37-26-14-11-22-15-16-34(31(36)23-9-10-23)29(27(22)18-26)24-6-4-5-20(2)17-24/h4-8,11-14,17-18,23,28-29H,3,9-10,15-16,19H2,1-2H3,(H,33,35)/t28-,29+/m1/s1. The Morgan fingerprint density at radius 2 is 1.86 bits per heavy atom. The number of hydrogen-bond acceptors (Lipinski definition) is 3. The summed E-state index contributed by atoms with van der Waals surface area (Å²) in [5.41, 5.74) is 5.33. The summed E-state index contributed by atoms with van der Waals surface area (Å²) in [7, 11) is 0. The maximum atomic E-state index is 13.3. The van der Waals surface area contributed by atoms with Crippen LogP contribution in [0.15, 0.2) is 66.7 Å². The molecule has 1 N–H and O–H groups in total. The highest BCUT2D eigenvalue weighted by molar-refractivity contribution is 5.82. The van der Waals surface area contributed by atoms with Gasteiger partial charge in [0.1, 0.15) is 11.6 Å². The fourth-order valence-corrected chi connectivity index (χ4v) is 5.06. The highest BCUT2D eigenvalue weighted by atomic mass is 19.1. The van der Waals surface area contributed by atoms with E-state index in [-0.39, 0.29) is 29.6 Å². The van der Waals surface area contributed by atoms with Gasteiger partial charge in [-0.25, -0.2) is 4.39 Å². The van der Waals surface area contributed by atoms with E-state index < -0.39 is 6.10 Å². The number of halogens is 1. The molecule has 37 heavy (non-hydrogen) atoms. The SMILES string of the molecule is CC[C@@H](Oc1ccc2c(c1)[C@H](c1cccc(C)c1)N(C(=O)C1CC1)CC2)C(=O)NCc1ccc(F)cc1. The van der Waals surface area contributed by atoms with Crippen molar-refractivity contribution in [3.8, 4) is 5.75 Å². The molecule has 5 rings (SSSR count). The number of carbonyl (C=O) groups is 2. The Balaban J connectivity index is 1.38. The van der Waals surface area contributed by atoms with Gasteiger partial charge in [0.25, 0.3) is 5.91 Å². The second-order valence-corrected chi connectivity index (χ2v) is 10.1. The van der Waals surface area contributed by atoms with Crippen LogP contribution in [0.1, 0.15) is 60.0 Å². The van der Waals surface area contributed by atoms with Gasteiger partial charge in [-0.2, -0.15) is 0 Å². The number of nitrogens with one attached hydrogen (secondary N) is 1. The van der Waals surface area contributed by atoms with E-state index in [2.05, 4.69) is 36.5 Å². The average Bonchev–Trinajstić information content (AvgIpc) is 3.76. The number of ether oxygens (including phenoxy) is 1. The molecule has 2 atom stereocenters. The zero-order chi connectivity index (χ0) is 25.9. The van der Waals surface area contributed by atoms with Crippen LogP contribution in [0, 0.1) is 18.7 Å². The first kappa shape index (κ1) is 25.0. The van der Waals surface area contributed by atoms with Gasteiger partial charge in [-0.1, -0.05) is 55.0 Å². The number of benzene rings is 3. The lowest BCUT2D eigenvalue weighted by Gasteiger charge is -2.38. The van der Waals surface area contributed by atoms with Gasteiger partial charge in [0.05, 0.1) is 6.04 Å². The number of nitrogens with zero attached hydrogens (tertiary/aromatic N) is 1. The van der Waals surface area contributed by atoms with Crippen molar-refractivity contribution in [2.75, 3.05) is 6.54 Å². The van der Waals surface area contributed by atoms with Crippen molar-refractivity contribution >= 4 is 11.8 Å². The third-order valence-electron chi connectivity index (χ3n) is 7.23. The summed E-state index contributed by atoms with van der Waals surface area (Å²) in [6, 6.07) is 20.2. The molecule has 6 heteroatoms. The van der Waals surface area contributed by atoms with Crippen LogP contribution in [0.2, 0.25) is 0 Å². The van der Waals surface area contributed by atoms with Crippen molar-refractivity contribution in [1.29, 1.82) is 0 Å². The highest BCUT2D eigenvalue weighted by Crippen LogP contribution is 2.41. The van der Waals surface area contributed by atoms with Gasteiger partial charge in [-0.3, -0.25) is 9.59 Å². The Hall–Kier alpha value is -3.67. The maximum Gasteiger partial charge on any atom is 0.261 e. The smallest absolute Gasteiger partial charge is 0.261 e. The monoisotopic (exact) mass is 500 g/mol. The van der Waals surface area contributed by atoms with Gasteiger partial charge in [-0.05, 0) is 79.1 Å². The Morgan fingerprint density at radius 3 is 2.57 bits per heavy atom. The van der Waals surface area contributed by atoms with Crippen LogP contribution in [0.4, 0.5) is 4.39 Å². The number of carbonyl (C=O) groups excluding carboxylic acids is 2. The Labute approximate surface area is 217 Å². The summed E-state index contributed by atoms with van der Waals surface area (Å²) in [6.07, 6.45) is 2.57. The molecule has 5 nitrogen and oxygen atoms in total. The topological polar surface area (TPSA) is 58.6 Å². The molecule has 2 amide bonds. The van der Waals surface area contributed by atoms with Crippen LogP contribution in [0.5, 0.6) is 5.75 Å². The van der Waals surface area contributed by atoms with Crippen LogP contribution in [-0.2, 0) is 22.6 Å². The van der Waals surface area contributed by atoms with Crippen molar-refractivity contribution < 1.29 is 18.7 Å². The van der Waals surface area contributed by atoms with Gasteiger partial charge in [0.2, 0.25) is 5.91 Å². The molecule has 1 fully saturated rings. The molecule has 3 aromatic rings. The predicted molar refractivity (Wildman–Crippen MR) is 141 cm³/mol. The summed E-state index contributed by atoms with van der Waals surface area (Å²) in [4.78, 5) is 28.2. The highest BCUT2D eigenvalue weighted by Gasteiger charge is 2.39. The summed E-state index contributed by atoms with van der Waals surface area (Å²) < 4.78 is 19.4. The van der Waals surface area contributed by atoms with Crippen molar-refractivity contribution in [3.63, 3.8) is 0 Å². The first-order valence-corrected chi connectivity index (χ1v) is 13.1. The summed E-state index contributed by atoms with van der Waals surface area (Å²) >= 11 is 0. The minimum Gasteiger partial charge on any atom is -0.481 e. The third-order valence-corrected chi connectivity index (χ3v) is 7.23. The zero-order valence-electron chi connectivity index (χ0n) is 21.4.